The highest BCUT2D eigenvalue weighted by molar-refractivity contribution is 6.70. The fourth-order valence-corrected chi connectivity index (χ4v) is 1.76. The lowest BCUT2D eigenvalue weighted by Gasteiger charge is -2.09. The van der Waals surface area contributed by atoms with Crippen LogP contribution in [-0.4, -0.2) is 26.2 Å². The molecule has 1 saturated heterocycles. The summed E-state index contributed by atoms with van der Waals surface area (Å²) in [6.07, 6.45) is 0.827. The van der Waals surface area contributed by atoms with Crippen molar-refractivity contribution in [3.8, 4) is 0 Å². The quantitative estimate of drug-likeness (QED) is 0.695. The molecule has 0 bridgehead atoms. The summed E-state index contributed by atoms with van der Waals surface area (Å²) in [4.78, 5) is 0. The molecule has 0 spiro atoms. The highest BCUT2D eigenvalue weighted by Crippen LogP contribution is 2.10. The van der Waals surface area contributed by atoms with E-state index in [9.17, 15) is 0 Å². The van der Waals surface area contributed by atoms with Crippen LogP contribution in [-0.2, 0) is 15.9 Å². The molecule has 1 aliphatic heterocycles. The molecule has 0 aromatic heterocycles. The second-order valence-electron chi connectivity index (χ2n) is 4.27. The van der Waals surface area contributed by atoms with Crippen molar-refractivity contribution in [1.29, 1.82) is 0 Å². The Morgan fingerprint density at radius 1 is 1.13 bits per heavy atom. The minimum Gasteiger partial charge on any atom is -0.350 e. The van der Waals surface area contributed by atoms with E-state index in [2.05, 4.69) is 37.9 Å². The Labute approximate surface area is 91.7 Å². The molecule has 0 saturated carbocycles. The van der Waals surface area contributed by atoms with Gasteiger partial charge in [-0.1, -0.05) is 43.4 Å². The van der Waals surface area contributed by atoms with Gasteiger partial charge in [0.2, 0.25) is 0 Å². The average molecular weight is 204 g/mol. The van der Waals surface area contributed by atoms with Gasteiger partial charge in [0.05, 0.1) is 13.2 Å². The Bertz CT molecular complexity index is 302. The predicted molar refractivity (Wildman–Crippen MR) is 63.0 cm³/mol. The molecule has 80 valence electrons. The van der Waals surface area contributed by atoms with E-state index >= 15 is 0 Å². The Hall–Kier alpha value is -0.795. The zero-order valence-electron chi connectivity index (χ0n) is 9.40. The average Bonchev–Trinajstić information content (AvgIpc) is 2.71. The van der Waals surface area contributed by atoms with Crippen molar-refractivity contribution in [2.45, 2.75) is 26.4 Å². The molecule has 0 N–H and O–H groups in total. The van der Waals surface area contributed by atoms with Gasteiger partial charge in [0, 0.05) is 6.42 Å². The van der Waals surface area contributed by atoms with Crippen LogP contribution in [0, 0.1) is 0 Å². The first-order valence-corrected chi connectivity index (χ1v) is 5.58. The van der Waals surface area contributed by atoms with Crippen molar-refractivity contribution in [2.24, 2.45) is 0 Å². The SMILES string of the molecule is CB(C)c1ccc(CC2OCCO2)cc1. The maximum Gasteiger partial charge on any atom is 0.169 e. The summed E-state index contributed by atoms with van der Waals surface area (Å²) in [6, 6.07) is 8.71. The number of rotatable bonds is 3. The van der Waals surface area contributed by atoms with E-state index in [1.54, 1.807) is 0 Å². The smallest absolute Gasteiger partial charge is 0.169 e. The van der Waals surface area contributed by atoms with E-state index in [0.29, 0.717) is 6.71 Å². The zero-order valence-corrected chi connectivity index (χ0v) is 9.40. The summed E-state index contributed by atoms with van der Waals surface area (Å²) >= 11 is 0. The van der Waals surface area contributed by atoms with Crippen molar-refractivity contribution in [1.82, 2.24) is 0 Å². The van der Waals surface area contributed by atoms with Gasteiger partial charge in [0.1, 0.15) is 0 Å². The Morgan fingerprint density at radius 3 is 2.27 bits per heavy atom. The molecular weight excluding hydrogens is 187 g/mol. The molecule has 1 heterocycles. The van der Waals surface area contributed by atoms with Gasteiger partial charge in [0.25, 0.3) is 0 Å². The van der Waals surface area contributed by atoms with Crippen LogP contribution in [0.4, 0.5) is 0 Å². The van der Waals surface area contributed by atoms with Gasteiger partial charge in [-0.3, -0.25) is 0 Å². The monoisotopic (exact) mass is 204 g/mol. The van der Waals surface area contributed by atoms with Gasteiger partial charge in [-0.2, -0.15) is 0 Å². The number of benzene rings is 1. The maximum absolute atomic E-state index is 5.41. The van der Waals surface area contributed by atoms with E-state index < -0.39 is 0 Å². The van der Waals surface area contributed by atoms with E-state index in [-0.39, 0.29) is 6.29 Å². The fraction of sp³-hybridized carbons (Fsp3) is 0.500. The van der Waals surface area contributed by atoms with Gasteiger partial charge in [-0.25, -0.2) is 0 Å². The minimum atomic E-state index is -0.0325. The molecule has 1 aromatic carbocycles. The zero-order chi connectivity index (χ0) is 10.7. The van der Waals surface area contributed by atoms with Gasteiger partial charge in [-0.05, 0) is 5.56 Å². The lowest BCUT2D eigenvalue weighted by molar-refractivity contribution is -0.0399. The highest BCUT2D eigenvalue weighted by Gasteiger charge is 2.16. The van der Waals surface area contributed by atoms with Crippen LogP contribution in [0.5, 0.6) is 0 Å². The molecule has 0 amide bonds. The molecule has 0 unspecified atom stereocenters. The van der Waals surface area contributed by atoms with Crippen molar-refractivity contribution < 1.29 is 9.47 Å². The highest BCUT2D eigenvalue weighted by atomic mass is 16.7. The number of ether oxygens (including phenoxy) is 2. The summed E-state index contributed by atoms with van der Waals surface area (Å²) in [5, 5.41) is 0. The van der Waals surface area contributed by atoms with Crippen LogP contribution in [0.2, 0.25) is 13.6 Å². The summed E-state index contributed by atoms with van der Waals surface area (Å²) < 4.78 is 10.8. The third-order valence-electron chi connectivity index (χ3n) is 2.74. The van der Waals surface area contributed by atoms with E-state index in [4.69, 9.17) is 9.47 Å². The van der Waals surface area contributed by atoms with E-state index in [1.807, 2.05) is 0 Å². The Balaban J connectivity index is 1.97. The normalized spacial score (nSPS) is 16.9. The molecule has 1 aromatic rings. The van der Waals surface area contributed by atoms with E-state index in [0.717, 1.165) is 19.6 Å². The largest absolute Gasteiger partial charge is 0.350 e. The molecular formula is C12H17BO2. The lowest BCUT2D eigenvalue weighted by atomic mass is 9.49. The van der Waals surface area contributed by atoms with Crippen LogP contribution >= 0.6 is 0 Å². The first-order chi connectivity index (χ1) is 7.25. The van der Waals surface area contributed by atoms with Crippen molar-refractivity contribution in [3.05, 3.63) is 29.8 Å². The molecule has 15 heavy (non-hydrogen) atoms. The first-order valence-electron chi connectivity index (χ1n) is 5.58. The van der Waals surface area contributed by atoms with Gasteiger partial charge >= 0.3 is 0 Å². The van der Waals surface area contributed by atoms with Crippen LogP contribution in [0.3, 0.4) is 0 Å². The molecule has 2 rings (SSSR count). The number of hydrogen-bond acceptors (Lipinski definition) is 2. The van der Waals surface area contributed by atoms with Gasteiger partial charge in [0.15, 0.2) is 13.0 Å². The molecule has 1 fully saturated rings. The molecule has 0 radical (unpaired) electrons. The molecule has 2 nitrogen and oxygen atoms in total. The molecule has 3 heteroatoms. The number of hydrogen-bond donors (Lipinski definition) is 0. The lowest BCUT2D eigenvalue weighted by Crippen LogP contribution is -2.22. The van der Waals surface area contributed by atoms with E-state index in [1.165, 1.54) is 11.0 Å². The second kappa shape index (κ2) is 4.82. The molecule has 0 atom stereocenters. The van der Waals surface area contributed by atoms with Crippen LogP contribution in [0.1, 0.15) is 5.56 Å². The van der Waals surface area contributed by atoms with Gasteiger partial charge in [-0.15, -0.1) is 0 Å². The molecule has 0 aliphatic carbocycles. The van der Waals surface area contributed by atoms with Gasteiger partial charge < -0.3 is 9.47 Å². The summed E-state index contributed by atoms with van der Waals surface area (Å²) in [5.41, 5.74) is 2.67. The van der Waals surface area contributed by atoms with Crippen molar-refractivity contribution in [3.63, 3.8) is 0 Å². The van der Waals surface area contributed by atoms with Crippen LogP contribution < -0.4 is 5.46 Å². The summed E-state index contributed by atoms with van der Waals surface area (Å²) in [5.74, 6) is 0. The Morgan fingerprint density at radius 2 is 1.73 bits per heavy atom. The standard InChI is InChI=1S/C12H17BO2/c1-13(2)11-5-3-10(4-6-11)9-12-14-7-8-15-12/h3-6,12H,7-9H2,1-2H3. The second-order valence-corrected chi connectivity index (χ2v) is 4.27. The van der Waals surface area contributed by atoms with Crippen LogP contribution in [0.25, 0.3) is 0 Å². The van der Waals surface area contributed by atoms with Crippen molar-refractivity contribution in [2.75, 3.05) is 13.2 Å². The summed E-state index contributed by atoms with van der Waals surface area (Å²) in [7, 11) is 0. The van der Waals surface area contributed by atoms with Crippen LogP contribution in [0.15, 0.2) is 24.3 Å². The first kappa shape index (κ1) is 10.7. The third kappa shape index (κ3) is 2.83. The topological polar surface area (TPSA) is 18.5 Å². The third-order valence-corrected chi connectivity index (χ3v) is 2.74. The fourth-order valence-electron chi connectivity index (χ4n) is 1.76. The minimum absolute atomic E-state index is 0.0325. The molecule has 1 aliphatic rings. The van der Waals surface area contributed by atoms with Crippen molar-refractivity contribution >= 4 is 12.2 Å². The summed E-state index contributed by atoms with van der Waals surface area (Å²) in [6.45, 7) is 6.47. The maximum atomic E-state index is 5.41. The predicted octanol–water partition coefficient (Wildman–Crippen LogP) is 1.56. The Kier molecular flexibility index (Phi) is 3.44.